The van der Waals surface area contributed by atoms with Gasteiger partial charge in [0.1, 0.15) is 11.2 Å². The van der Waals surface area contributed by atoms with Crippen molar-refractivity contribution in [1.82, 2.24) is 4.57 Å². The molecule has 0 saturated heterocycles. The van der Waals surface area contributed by atoms with Crippen LogP contribution in [-0.4, -0.2) is 4.57 Å². The number of benzene rings is 6. The first-order valence-corrected chi connectivity index (χ1v) is 13.6. The summed E-state index contributed by atoms with van der Waals surface area (Å²) in [6, 6.07) is 42.1. The minimum atomic E-state index is -0.0403. The monoisotopic (exact) mass is 499 g/mol. The molecule has 9 rings (SSSR count). The maximum atomic E-state index is 6.22. The minimum absolute atomic E-state index is 0.0403. The van der Waals surface area contributed by atoms with Gasteiger partial charge < -0.3 is 8.98 Å². The van der Waals surface area contributed by atoms with E-state index in [4.69, 9.17) is 4.42 Å². The van der Waals surface area contributed by atoms with Gasteiger partial charge in [-0.3, -0.25) is 0 Å². The van der Waals surface area contributed by atoms with Crippen molar-refractivity contribution in [3.05, 3.63) is 126 Å². The van der Waals surface area contributed by atoms with Gasteiger partial charge in [0.2, 0.25) is 0 Å². The lowest BCUT2D eigenvalue weighted by Gasteiger charge is -2.22. The first-order valence-electron chi connectivity index (χ1n) is 13.6. The summed E-state index contributed by atoms with van der Waals surface area (Å²) in [4.78, 5) is 0. The highest BCUT2D eigenvalue weighted by Crippen LogP contribution is 2.49. The van der Waals surface area contributed by atoms with E-state index in [9.17, 15) is 0 Å². The van der Waals surface area contributed by atoms with Crippen LogP contribution in [0.4, 0.5) is 0 Å². The Labute approximate surface area is 225 Å². The van der Waals surface area contributed by atoms with Gasteiger partial charge in [-0.1, -0.05) is 86.6 Å². The van der Waals surface area contributed by atoms with Gasteiger partial charge in [-0.25, -0.2) is 0 Å². The Hall–Kier alpha value is -4.82. The van der Waals surface area contributed by atoms with Gasteiger partial charge in [-0.2, -0.15) is 0 Å². The fourth-order valence-corrected chi connectivity index (χ4v) is 7.12. The number of furan rings is 1. The van der Waals surface area contributed by atoms with Crippen molar-refractivity contribution in [3.63, 3.8) is 0 Å². The summed E-state index contributed by atoms with van der Waals surface area (Å²) in [5, 5.41) is 7.35. The lowest BCUT2D eigenvalue weighted by atomic mass is 9.82. The Morgan fingerprint density at radius 2 is 1.31 bits per heavy atom. The second-order valence-electron chi connectivity index (χ2n) is 11.4. The van der Waals surface area contributed by atoms with Crippen molar-refractivity contribution in [2.75, 3.05) is 0 Å². The maximum Gasteiger partial charge on any atom is 0.136 e. The van der Waals surface area contributed by atoms with Crippen LogP contribution in [-0.2, 0) is 5.41 Å². The molecule has 184 valence electrons. The summed E-state index contributed by atoms with van der Waals surface area (Å²) in [7, 11) is 0. The maximum absolute atomic E-state index is 6.22. The number of aromatic nitrogens is 1. The molecular formula is C37H25NO. The van der Waals surface area contributed by atoms with Crippen molar-refractivity contribution in [2.24, 2.45) is 0 Å². The molecule has 2 aromatic heterocycles. The van der Waals surface area contributed by atoms with Gasteiger partial charge in [0.25, 0.3) is 0 Å². The van der Waals surface area contributed by atoms with Crippen LogP contribution < -0.4 is 0 Å². The molecule has 0 bridgehead atoms. The van der Waals surface area contributed by atoms with E-state index in [-0.39, 0.29) is 5.41 Å². The van der Waals surface area contributed by atoms with Crippen LogP contribution in [0.1, 0.15) is 25.0 Å². The van der Waals surface area contributed by atoms with E-state index in [2.05, 4.69) is 128 Å². The highest BCUT2D eigenvalue weighted by Gasteiger charge is 2.35. The molecule has 2 nitrogen and oxygen atoms in total. The highest BCUT2D eigenvalue weighted by atomic mass is 16.3. The molecule has 0 fully saturated rings. The second-order valence-corrected chi connectivity index (χ2v) is 11.4. The molecule has 2 heterocycles. The number of hydrogen-bond donors (Lipinski definition) is 0. The number of fused-ring (bicyclic) bond motifs is 11. The number of nitrogens with zero attached hydrogens (tertiary/aromatic N) is 1. The van der Waals surface area contributed by atoms with Gasteiger partial charge in [0.15, 0.2) is 0 Å². The van der Waals surface area contributed by atoms with Gasteiger partial charge in [0.05, 0.1) is 11.0 Å². The molecule has 0 aliphatic heterocycles. The second kappa shape index (κ2) is 7.18. The largest absolute Gasteiger partial charge is 0.456 e. The molecule has 0 spiro atoms. The third-order valence-corrected chi connectivity index (χ3v) is 8.98. The standard InChI is InChI=1S/C37H25NO/c1-37(2)30-12-6-3-9-24(30)25-17-16-23(20-31(25)37)38-32-13-7-4-10-26(32)29-21-28-22(19-33(29)38)15-18-35-36(28)27-11-5-8-14-34(27)39-35/h3-21H,1-2H3. The first-order chi connectivity index (χ1) is 19.1. The number of hydrogen-bond acceptors (Lipinski definition) is 1. The van der Waals surface area contributed by atoms with Crippen LogP contribution in [0.5, 0.6) is 0 Å². The summed E-state index contributed by atoms with van der Waals surface area (Å²) < 4.78 is 8.66. The number of para-hydroxylation sites is 2. The summed E-state index contributed by atoms with van der Waals surface area (Å²) in [5.74, 6) is 0. The third kappa shape index (κ3) is 2.66. The van der Waals surface area contributed by atoms with Gasteiger partial charge in [-0.15, -0.1) is 0 Å². The Morgan fingerprint density at radius 1 is 0.538 bits per heavy atom. The summed E-state index contributed by atoms with van der Waals surface area (Å²) >= 11 is 0. The Balaban J connectivity index is 1.37. The van der Waals surface area contributed by atoms with Crippen LogP contribution in [0.15, 0.2) is 120 Å². The highest BCUT2D eigenvalue weighted by molar-refractivity contribution is 6.23. The lowest BCUT2D eigenvalue weighted by molar-refractivity contribution is 0.660. The zero-order valence-corrected chi connectivity index (χ0v) is 21.8. The summed E-state index contributed by atoms with van der Waals surface area (Å²) in [5.41, 5.74) is 11.0. The van der Waals surface area contributed by atoms with E-state index < -0.39 is 0 Å². The van der Waals surface area contributed by atoms with Gasteiger partial charge >= 0.3 is 0 Å². The molecule has 0 saturated carbocycles. The zero-order chi connectivity index (χ0) is 25.9. The molecule has 0 N–H and O–H groups in total. The van der Waals surface area contributed by atoms with Crippen molar-refractivity contribution in [1.29, 1.82) is 0 Å². The van der Waals surface area contributed by atoms with E-state index in [1.54, 1.807) is 0 Å². The van der Waals surface area contributed by atoms with E-state index in [1.165, 1.54) is 71.3 Å². The molecule has 0 atom stereocenters. The summed E-state index contributed by atoms with van der Waals surface area (Å²) in [6.07, 6.45) is 0. The van der Waals surface area contributed by atoms with Crippen molar-refractivity contribution >= 4 is 54.5 Å². The third-order valence-electron chi connectivity index (χ3n) is 8.98. The summed E-state index contributed by atoms with van der Waals surface area (Å²) in [6.45, 7) is 4.70. The topological polar surface area (TPSA) is 18.1 Å². The van der Waals surface area contributed by atoms with E-state index in [1.807, 2.05) is 6.07 Å². The van der Waals surface area contributed by atoms with Crippen LogP contribution >= 0.6 is 0 Å². The molecule has 1 aliphatic carbocycles. The zero-order valence-electron chi connectivity index (χ0n) is 21.8. The van der Waals surface area contributed by atoms with Crippen molar-refractivity contribution < 1.29 is 4.42 Å². The van der Waals surface area contributed by atoms with Crippen molar-refractivity contribution in [2.45, 2.75) is 19.3 Å². The van der Waals surface area contributed by atoms with Crippen molar-refractivity contribution in [3.8, 4) is 16.8 Å². The molecule has 0 radical (unpaired) electrons. The van der Waals surface area contributed by atoms with Crippen LogP contribution in [0.25, 0.3) is 71.3 Å². The SMILES string of the molecule is CC1(C)c2ccccc2-c2ccc(-n3c4ccccc4c4cc5c(ccc6oc7ccccc7c65)cc43)cc21. The minimum Gasteiger partial charge on any atom is -0.456 e. The number of rotatable bonds is 1. The predicted molar refractivity (Wildman–Crippen MR) is 163 cm³/mol. The Bertz CT molecular complexity index is 2310. The fraction of sp³-hybridized carbons (Fsp3) is 0.0811. The molecular weight excluding hydrogens is 474 g/mol. The quantitative estimate of drug-likeness (QED) is 0.220. The van der Waals surface area contributed by atoms with Gasteiger partial charge in [-0.05, 0) is 75.5 Å². The first kappa shape index (κ1) is 21.2. The predicted octanol–water partition coefficient (Wildman–Crippen LogP) is 10.1. The Morgan fingerprint density at radius 3 is 2.23 bits per heavy atom. The van der Waals surface area contributed by atoms with E-state index >= 15 is 0 Å². The van der Waals surface area contributed by atoms with E-state index in [0.29, 0.717) is 0 Å². The molecule has 6 aromatic carbocycles. The van der Waals surface area contributed by atoms with Crippen LogP contribution in [0.3, 0.4) is 0 Å². The normalized spacial score (nSPS) is 14.1. The molecule has 39 heavy (non-hydrogen) atoms. The molecule has 0 unspecified atom stereocenters. The smallest absolute Gasteiger partial charge is 0.136 e. The fourth-order valence-electron chi connectivity index (χ4n) is 7.12. The molecule has 0 amide bonds. The average molecular weight is 500 g/mol. The molecule has 2 heteroatoms. The Kier molecular flexibility index (Phi) is 3.89. The van der Waals surface area contributed by atoms with Gasteiger partial charge in [0, 0.05) is 32.6 Å². The van der Waals surface area contributed by atoms with Crippen LogP contribution in [0.2, 0.25) is 0 Å². The van der Waals surface area contributed by atoms with Crippen LogP contribution in [0, 0.1) is 0 Å². The van der Waals surface area contributed by atoms with E-state index in [0.717, 1.165) is 11.2 Å². The average Bonchev–Trinajstić information content (AvgIpc) is 3.58. The lowest BCUT2D eigenvalue weighted by Crippen LogP contribution is -2.15. The molecule has 1 aliphatic rings. The molecule has 8 aromatic rings.